The molecule has 0 aliphatic heterocycles. The van der Waals surface area contributed by atoms with E-state index in [1.807, 2.05) is 30.3 Å². The summed E-state index contributed by atoms with van der Waals surface area (Å²) in [6, 6.07) is 16.6. The van der Waals surface area contributed by atoms with Crippen molar-refractivity contribution in [3.63, 3.8) is 0 Å². The summed E-state index contributed by atoms with van der Waals surface area (Å²) in [5.41, 5.74) is 2.43. The number of para-hydroxylation sites is 1. The highest BCUT2D eigenvalue weighted by Crippen LogP contribution is 2.28. The Labute approximate surface area is 126 Å². The molecule has 0 saturated carbocycles. The number of nitrogens with one attached hydrogen (secondary N) is 1. The average Bonchev–Trinajstić information content (AvgIpc) is 2.54. The first-order valence-corrected chi connectivity index (χ1v) is 7.27. The van der Waals surface area contributed by atoms with E-state index in [9.17, 15) is 0 Å². The Morgan fingerprint density at radius 1 is 1.00 bits per heavy atom. The van der Waals surface area contributed by atoms with Crippen LogP contribution < -0.4 is 14.8 Å². The van der Waals surface area contributed by atoms with Crippen LogP contribution in [0.5, 0.6) is 11.5 Å². The Balaban J connectivity index is 2.26. The lowest BCUT2D eigenvalue weighted by atomic mass is 9.98. The molecule has 0 aliphatic carbocycles. The van der Waals surface area contributed by atoms with Crippen molar-refractivity contribution in [2.24, 2.45) is 0 Å². The van der Waals surface area contributed by atoms with Crippen LogP contribution in [0.3, 0.4) is 0 Å². The first-order valence-electron chi connectivity index (χ1n) is 7.27. The van der Waals surface area contributed by atoms with Crippen LogP contribution in [0, 0.1) is 0 Å². The first-order chi connectivity index (χ1) is 10.3. The van der Waals surface area contributed by atoms with Crippen LogP contribution in [0.15, 0.2) is 48.5 Å². The Morgan fingerprint density at radius 2 is 1.81 bits per heavy atom. The maximum Gasteiger partial charge on any atom is 0.123 e. The Bertz CT molecular complexity index is 569. The molecule has 112 valence electrons. The largest absolute Gasteiger partial charge is 0.497 e. The molecule has 0 bridgehead atoms. The van der Waals surface area contributed by atoms with Gasteiger partial charge in [0.2, 0.25) is 0 Å². The molecule has 0 amide bonds. The van der Waals surface area contributed by atoms with E-state index in [4.69, 9.17) is 9.47 Å². The van der Waals surface area contributed by atoms with Gasteiger partial charge < -0.3 is 14.8 Å². The van der Waals surface area contributed by atoms with Gasteiger partial charge in [0, 0.05) is 11.6 Å². The third-order valence-corrected chi connectivity index (χ3v) is 3.54. The summed E-state index contributed by atoms with van der Waals surface area (Å²) in [6.07, 6.45) is 0.894. The maximum absolute atomic E-state index is 5.49. The molecular weight excluding hydrogens is 262 g/mol. The van der Waals surface area contributed by atoms with Crippen LogP contribution in [0.4, 0.5) is 0 Å². The molecule has 2 aromatic carbocycles. The van der Waals surface area contributed by atoms with E-state index in [0.717, 1.165) is 24.5 Å². The van der Waals surface area contributed by atoms with Gasteiger partial charge >= 0.3 is 0 Å². The average molecular weight is 285 g/mol. The Morgan fingerprint density at radius 3 is 2.52 bits per heavy atom. The fraction of sp³-hybridized carbons (Fsp3) is 0.333. The van der Waals surface area contributed by atoms with Crippen LogP contribution in [0.1, 0.15) is 24.1 Å². The fourth-order valence-electron chi connectivity index (χ4n) is 2.53. The van der Waals surface area contributed by atoms with Crippen molar-refractivity contribution in [1.29, 1.82) is 0 Å². The molecule has 0 saturated heterocycles. The van der Waals surface area contributed by atoms with Crippen molar-refractivity contribution in [3.05, 3.63) is 59.7 Å². The van der Waals surface area contributed by atoms with Crippen LogP contribution in [-0.2, 0) is 6.42 Å². The molecular formula is C18H23NO2. The Kier molecular flexibility index (Phi) is 5.64. The third-order valence-electron chi connectivity index (χ3n) is 3.54. The quantitative estimate of drug-likeness (QED) is 0.843. The molecule has 1 N–H and O–H groups in total. The second kappa shape index (κ2) is 7.70. The van der Waals surface area contributed by atoms with Crippen LogP contribution in [0.25, 0.3) is 0 Å². The zero-order valence-electron chi connectivity index (χ0n) is 12.9. The molecule has 2 aromatic rings. The van der Waals surface area contributed by atoms with Gasteiger partial charge in [-0.3, -0.25) is 0 Å². The summed E-state index contributed by atoms with van der Waals surface area (Å²) < 4.78 is 10.8. The standard InChI is InChI=1S/C18H23NO2/c1-4-19-17(16-10-5-6-11-18(16)21-3)13-14-8-7-9-15(12-14)20-2/h5-12,17,19H,4,13H2,1-3H3. The lowest BCUT2D eigenvalue weighted by Gasteiger charge is -2.21. The van der Waals surface area contributed by atoms with Crippen LogP contribution >= 0.6 is 0 Å². The molecule has 0 fully saturated rings. The molecule has 2 rings (SSSR count). The van der Waals surface area contributed by atoms with Gasteiger partial charge in [-0.05, 0) is 36.7 Å². The van der Waals surface area contributed by atoms with Gasteiger partial charge in [0.1, 0.15) is 11.5 Å². The normalized spacial score (nSPS) is 12.0. The smallest absolute Gasteiger partial charge is 0.123 e. The van der Waals surface area contributed by atoms with Crippen molar-refractivity contribution in [1.82, 2.24) is 5.32 Å². The Hall–Kier alpha value is -2.00. The van der Waals surface area contributed by atoms with Crippen molar-refractivity contribution >= 4 is 0 Å². The molecule has 0 radical (unpaired) electrons. The van der Waals surface area contributed by atoms with Gasteiger partial charge in [-0.15, -0.1) is 0 Å². The van der Waals surface area contributed by atoms with E-state index in [2.05, 4.69) is 30.4 Å². The highest BCUT2D eigenvalue weighted by Gasteiger charge is 2.15. The molecule has 21 heavy (non-hydrogen) atoms. The van der Waals surface area contributed by atoms with Crippen molar-refractivity contribution in [3.8, 4) is 11.5 Å². The second-order valence-electron chi connectivity index (χ2n) is 4.91. The highest BCUT2D eigenvalue weighted by atomic mass is 16.5. The van der Waals surface area contributed by atoms with E-state index in [0.29, 0.717) is 0 Å². The number of rotatable bonds is 7. The fourth-order valence-corrected chi connectivity index (χ4v) is 2.53. The van der Waals surface area contributed by atoms with Crippen molar-refractivity contribution in [2.75, 3.05) is 20.8 Å². The minimum absolute atomic E-state index is 0.221. The van der Waals surface area contributed by atoms with E-state index >= 15 is 0 Å². The lowest BCUT2D eigenvalue weighted by molar-refractivity contribution is 0.398. The lowest BCUT2D eigenvalue weighted by Crippen LogP contribution is -2.23. The maximum atomic E-state index is 5.49. The molecule has 0 spiro atoms. The first kappa shape index (κ1) is 15.4. The zero-order valence-corrected chi connectivity index (χ0v) is 12.9. The second-order valence-corrected chi connectivity index (χ2v) is 4.91. The minimum atomic E-state index is 0.221. The molecule has 0 heterocycles. The summed E-state index contributed by atoms with van der Waals surface area (Å²) in [7, 11) is 3.41. The number of hydrogen-bond donors (Lipinski definition) is 1. The molecule has 3 heteroatoms. The molecule has 3 nitrogen and oxygen atoms in total. The number of likely N-dealkylation sites (N-methyl/N-ethyl adjacent to an activating group) is 1. The third kappa shape index (κ3) is 3.99. The van der Waals surface area contributed by atoms with Crippen molar-refractivity contribution < 1.29 is 9.47 Å². The molecule has 0 aliphatic rings. The number of ether oxygens (including phenoxy) is 2. The minimum Gasteiger partial charge on any atom is -0.497 e. The summed E-state index contributed by atoms with van der Waals surface area (Å²) >= 11 is 0. The summed E-state index contributed by atoms with van der Waals surface area (Å²) in [5, 5.41) is 3.54. The molecule has 1 atom stereocenters. The van der Waals surface area contributed by atoms with E-state index in [-0.39, 0.29) is 6.04 Å². The predicted octanol–water partition coefficient (Wildman–Crippen LogP) is 3.60. The van der Waals surface area contributed by atoms with Gasteiger partial charge in [0.25, 0.3) is 0 Å². The predicted molar refractivity (Wildman–Crippen MR) is 86.1 cm³/mol. The number of methoxy groups -OCH3 is 2. The summed E-state index contributed by atoms with van der Waals surface area (Å²) in [4.78, 5) is 0. The number of benzene rings is 2. The van der Waals surface area contributed by atoms with Gasteiger partial charge in [0.05, 0.1) is 14.2 Å². The topological polar surface area (TPSA) is 30.5 Å². The summed E-state index contributed by atoms with van der Waals surface area (Å²) in [6.45, 7) is 3.03. The van der Waals surface area contributed by atoms with E-state index < -0.39 is 0 Å². The van der Waals surface area contributed by atoms with Gasteiger partial charge in [0.15, 0.2) is 0 Å². The van der Waals surface area contributed by atoms with Gasteiger partial charge in [-0.1, -0.05) is 37.3 Å². The molecule has 0 aromatic heterocycles. The number of hydrogen-bond acceptors (Lipinski definition) is 3. The summed E-state index contributed by atoms with van der Waals surface area (Å²) in [5.74, 6) is 1.81. The SMILES string of the molecule is CCNC(Cc1cccc(OC)c1)c1ccccc1OC. The van der Waals surface area contributed by atoms with E-state index in [1.165, 1.54) is 11.1 Å². The van der Waals surface area contributed by atoms with Gasteiger partial charge in [-0.25, -0.2) is 0 Å². The van der Waals surface area contributed by atoms with Crippen LogP contribution in [0.2, 0.25) is 0 Å². The molecule has 1 unspecified atom stereocenters. The van der Waals surface area contributed by atoms with Crippen molar-refractivity contribution in [2.45, 2.75) is 19.4 Å². The monoisotopic (exact) mass is 285 g/mol. The zero-order chi connectivity index (χ0) is 15.1. The van der Waals surface area contributed by atoms with E-state index in [1.54, 1.807) is 14.2 Å². The van der Waals surface area contributed by atoms with Crippen LogP contribution in [-0.4, -0.2) is 20.8 Å². The highest BCUT2D eigenvalue weighted by molar-refractivity contribution is 5.38. The van der Waals surface area contributed by atoms with Gasteiger partial charge in [-0.2, -0.15) is 0 Å².